The zero-order valence-corrected chi connectivity index (χ0v) is 13.9. The van der Waals surface area contributed by atoms with Gasteiger partial charge in [-0.2, -0.15) is 0 Å². The third-order valence-electron chi connectivity index (χ3n) is 2.92. The van der Waals surface area contributed by atoms with Gasteiger partial charge in [0.2, 0.25) is 0 Å². The van der Waals surface area contributed by atoms with E-state index in [0.717, 1.165) is 18.5 Å². The van der Waals surface area contributed by atoms with Crippen molar-refractivity contribution in [3.8, 4) is 11.5 Å². The number of nitrogens with one attached hydrogen (secondary N) is 1. The predicted octanol–water partition coefficient (Wildman–Crippen LogP) is 5.94. The van der Waals surface area contributed by atoms with Crippen molar-refractivity contribution >= 4 is 34.8 Å². The van der Waals surface area contributed by atoms with E-state index in [4.69, 9.17) is 39.5 Å². The highest BCUT2D eigenvalue weighted by atomic mass is 35.5. The average Bonchev–Trinajstić information content (AvgIpc) is 2.47. The molecule has 0 atom stereocenters. The van der Waals surface area contributed by atoms with Crippen LogP contribution in [0.15, 0.2) is 36.4 Å². The molecular formula is C16H16Cl3NO. The third-order valence-corrected chi connectivity index (χ3v) is 4.02. The summed E-state index contributed by atoms with van der Waals surface area (Å²) in [6.45, 7) is 3.74. The van der Waals surface area contributed by atoms with Crippen LogP contribution in [0.2, 0.25) is 15.1 Å². The quantitative estimate of drug-likeness (QED) is 0.655. The summed E-state index contributed by atoms with van der Waals surface area (Å²) in [6, 6.07) is 10.9. The van der Waals surface area contributed by atoms with Crippen LogP contribution in [0.3, 0.4) is 0 Å². The van der Waals surface area contributed by atoms with Crippen LogP contribution in [0.4, 0.5) is 0 Å². The minimum Gasteiger partial charge on any atom is -0.454 e. The highest BCUT2D eigenvalue weighted by molar-refractivity contribution is 6.43. The highest BCUT2D eigenvalue weighted by Crippen LogP contribution is 2.38. The van der Waals surface area contributed by atoms with Gasteiger partial charge >= 0.3 is 0 Å². The lowest BCUT2D eigenvalue weighted by molar-refractivity contribution is 0.473. The van der Waals surface area contributed by atoms with E-state index in [9.17, 15) is 0 Å². The van der Waals surface area contributed by atoms with Crippen molar-refractivity contribution in [2.45, 2.75) is 19.9 Å². The maximum absolute atomic E-state index is 6.26. The molecule has 0 amide bonds. The largest absolute Gasteiger partial charge is 0.454 e. The molecule has 0 spiro atoms. The lowest BCUT2D eigenvalue weighted by Gasteiger charge is -2.14. The van der Waals surface area contributed by atoms with Crippen molar-refractivity contribution < 1.29 is 4.74 Å². The number of hydrogen-bond donors (Lipinski definition) is 1. The molecule has 2 aromatic rings. The summed E-state index contributed by atoms with van der Waals surface area (Å²) >= 11 is 18.4. The van der Waals surface area contributed by atoms with E-state index in [0.29, 0.717) is 33.1 Å². The van der Waals surface area contributed by atoms with Gasteiger partial charge in [-0.1, -0.05) is 59.9 Å². The summed E-state index contributed by atoms with van der Waals surface area (Å²) in [6.07, 6.45) is 1.07. The maximum atomic E-state index is 6.26. The first-order chi connectivity index (χ1) is 10.1. The minimum atomic E-state index is 0.381. The molecule has 0 aromatic heterocycles. The van der Waals surface area contributed by atoms with Crippen LogP contribution >= 0.6 is 34.8 Å². The second kappa shape index (κ2) is 7.90. The number of rotatable bonds is 6. The summed E-state index contributed by atoms with van der Waals surface area (Å²) in [4.78, 5) is 0. The minimum absolute atomic E-state index is 0.381. The third kappa shape index (κ3) is 4.27. The van der Waals surface area contributed by atoms with Crippen molar-refractivity contribution in [2.24, 2.45) is 0 Å². The van der Waals surface area contributed by atoms with Gasteiger partial charge in [0.15, 0.2) is 5.75 Å². The van der Waals surface area contributed by atoms with Crippen LogP contribution in [0.5, 0.6) is 11.5 Å². The molecule has 0 aliphatic carbocycles. The molecule has 112 valence electrons. The summed E-state index contributed by atoms with van der Waals surface area (Å²) in [5.74, 6) is 1.10. The van der Waals surface area contributed by atoms with Crippen LogP contribution in [-0.4, -0.2) is 6.54 Å². The van der Waals surface area contributed by atoms with Gasteiger partial charge in [-0.15, -0.1) is 0 Å². The molecule has 0 aliphatic rings. The normalized spacial score (nSPS) is 10.7. The molecule has 21 heavy (non-hydrogen) atoms. The van der Waals surface area contributed by atoms with E-state index in [-0.39, 0.29) is 0 Å². The van der Waals surface area contributed by atoms with E-state index in [1.54, 1.807) is 24.3 Å². The van der Waals surface area contributed by atoms with E-state index >= 15 is 0 Å². The number of benzene rings is 2. The fourth-order valence-electron chi connectivity index (χ4n) is 1.88. The van der Waals surface area contributed by atoms with Crippen molar-refractivity contribution in [1.82, 2.24) is 5.32 Å². The number of ether oxygens (including phenoxy) is 1. The Kier molecular flexibility index (Phi) is 6.19. The van der Waals surface area contributed by atoms with Crippen LogP contribution in [-0.2, 0) is 6.54 Å². The molecule has 2 rings (SSSR count). The Morgan fingerprint density at radius 2 is 1.71 bits per heavy atom. The smallest absolute Gasteiger partial charge is 0.150 e. The van der Waals surface area contributed by atoms with Gasteiger partial charge in [-0.3, -0.25) is 0 Å². The molecule has 0 bridgehead atoms. The summed E-state index contributed by atoms with van der Waals surface area (Å²) < 4.78 is 5.89. The van der Waals surface area contributed by atoms with Crippen molar-refractivity contribution in [3.05, 3.63) is 57.0 Å². The Hall–Kier alpha value is -0.930. The van der Waals surface area contributed by atoms with Gasteiger partial charge in [0.05, 0.1) is 10.0 Å². The molecule has 0 saturated carbocycles. The van der Waals surface area contributed by atoms with Gasteiger partial charge < -0.3 is 10.1 Å². The fourth-order valence-corrected chi connectivity index (χ4v) is 2.44. The van der Waals surface area contributed by atoms with E-state index in [2.05, 4.69) is 12.2 Å². The van der Waals surface area contributed by atoms with Crippen LogP contribution in [0, 0.1) is 0 Å². The maximum Gasteiger partial charge on any atom is 0.150 e. The first kappa shape index (κ1) is 16.4. The van der Waals surface area contributed by atoms with Gasteiger partial charge in [0.1, 0.15) is 10.8 Å². The van der Waals surface area contributed by atoms with E-state index in [1.807, 2.05) is 12.1 Å². The van der Waals surface area contributed by atoms with Crippen LogP contribution < -0.4 is 10.1 Å². The molecule has 2 nitrogen and oxygen atoms in total. The molecule has 0 heterocycles. The van der Waals surface area contributed by atoms with Crippen molar-refractivity contribution in [3.63, 3.8) is 0 Å². The zero-order chi connectivity index (χ0) is 15.2. The second-order valence-electron chi connectivity index (χ2n) is 4.56. The average molecular weight is 345 g/mol. The Bertz CT molecular complexity index is 616. The van der Waals surface area contributed by atoms with Crippen molar-refractivity contribution in [2.75, 3.05) is 6.54 Å². The second-order valence-corrected chi connectivity index (χ2v) is 5.75. The molecule has 0 fully saturated rings. The Morgan fingerprint density at radius 1 is 1.00 bits per heavy atom. The molecule has 1 N–H and O–H groups in total. The summed E-state index contributed by atoms with van der Waals surface area (Å²) in [7, 11) is 0. The molecule has 0 aliphatic heterocycles. The Labute approximate surface area is 140 Å². The van der Waals surface area contributed by atoms with Crippen LogP contribution in [0.25, 0.3) is 0 Å². The van der Waals surface area contributed by atoms with Gasteiger partial charge in [-0.05, 0) is 31.2 Å². The molecular weight excluding hydrogens is 329 g/mol. The molecule has 0 unspecified atom stereocenters. The number of para-hydroxylation sites is 1. The summed E-state index contributed by atoms with van der Waals surface area (Å²) in [5, 5.41) is 4.71. The number of hydrogen-bond acceptors (Lipinski definition) is 2. The zero-order valence-electron chi connectivity index (χ0n) is 11.6. The molecule has 5 heteroatoms. The highest BCUT2D eigenvalue weighted by Gasteiger charge is 2.12. The Balaban J connectivity index is 2.28. The number of halogens is 3. The van der Waals surface area contributed by atoms with Crippen molar-refractivity contribution in [1.29, 1.82) is 0 Å². The lowest BCUT2D eigenvalue weighted by atomic mass is 10.2. The van der Waals surface area contributed by atoms with E-state index < -0.39 is 0 Å². The molecule has 0 saturated heterocycles. The van der Waals surface area contributed by atoms with Gasteiger partial charge in [0.25, 0.3) is 0 Å². The SMILES string of the molecule is CCCNCc1cccc(Cl)c1Oc1cccc(Cl)c1Cl. The summed E-state index contributed by atoms with van der Waals surface area (Å²) in [5.41, 5.74) is 0.979. The first-order valence-corrected chi connectivity index (χ1v) is 7.86. The predicted molar refractivity (Wildman–Crippen MR) is 90.0 cm³/mol. The van der Waals surface area contributed by atoms with E-state index in [1.165, 1.54) is 0 Å². The fraction of sp³-hybridized carbons (Fsp3) is 0.250. The topological polar surface area (TPSA) is 21.3 Å². The van der Waals surface area contributed by atoms with Crippen LogP contribution in [0.1, 0.15) is 18.9 Å². The first-order valence-electron chi connectivity index (χ1n) is 6.73. The molecule has 2 aromatic carbocycles. The lowest BCUT2D eigenvalue weighted by Crippen LogP contribution is -2.14. The molecule has 0 radical (unpaired) electrons. The monoisotopic (exact) mass is 343 g/mol. The van der Waals surface area contributed by atoms with Gasteiger partial charge in [-0.25, -0.2) is 0 Å². The van der Waals surface area contributed by atoms with Gasteiger partial charge in [0, 0.05) is 12.1 Å². The standard InChI is InChI=1S/C16H16Cl3NO/c1-2-9-20-10-11-5-3-7-13(18)16(11)21-14-8-4-6-12(17)15(14)19/h3-8,20H,2,9-10H2,1H3. The Morgan fingerprint density at radius 3 is 2.48 bits per heavy atom.